The molecule has 0 aromatic heterocycles. The second kappa shape index (κ2) is 5.12. The maximum atomic E-state index is 12.2. The summed E-state index contributed by atoms with van der Waals surface area (Å²) in [6.07, 6.45) is 2.22. The van der Waals surface area contributed by atoms with Gasteiger partial charge >= 0.3 is 0 Å². The third-order valence-corrected chi connectivity index (χ3v) is 3.46. The van der Waals surface area contributed by atoms with Crippen LogP contribution in [-0.2, 0) is 14.3 Å². The molecule has 0 aliphatic carbocycles. The number of ether oxygens (including phenoxy) is 2. The molecule has 3 atom stereocenters. The molecule has 2 rings (SSSR count). The Kier molecular flexibility index (Phi) is 3.78. The molecular formula is C11H20N2O3. The van der Waals surface area contributed by atoms with E-state index in [2.05, 4.69) is 0 Å². The van der Waals surface area contributed by atoms with Gasteiger partial charge < -0.3 is 20.1 Å². The number of likely N-dealkylation sites (tertiary alicyclic amines) is 1. The molecule has 2 heterocycles. The van der Waals surface area contributed by atoms with Gasteiger partial charge in [0.15, 0.2) is 0 Å². The van der Waals surface area contributed by atoms with Crippen molar-refractivity contribution >= 4 is 5.91 Å². The first-order valence-electron chi connectivity index (χ1n) is 5.87. The molecule has 0 spiro atoms. The minimum absolute atomic E-state index is 0.131. The van der Waals surface area contributed by atoms with Crippen LogP contribution >= 0.6 is 0 Å². The first kappa shape index (κ1) is 11.8. The number of carbonyl (C=O) groups excluding carboxylic acids is 1. The number of hydrogen-bond acceptors (Lipinski definition) is 4. The van der Waals surface area contributed by atoms with Crippen LogP contribution in [0.2, 0.25) is 0 Å². The highest BCUT2D eigenvalue weighted by Crippen LogP contribution is 2.19. The third kappa shape index (κ3) is 2.36. The molecule has 2 aliphatic rings. The first-order valence-corrected chi connectivity index (χ1v) is 5.87. The molecule has 5 heteroatoms. The van der Waals surface area contributed by atoms with Crippen LogP contribution in [-0.4, -0.2) is 56.4 Å². The normalized spacial score (nSPS) is 35.4. The first-order chi connectivity index (χ1) is 7.72. The number of nitrogens with zero attached hydrogens (tertiary/aromatic N) is 1. The van der Waals surface area contributed by atoms with Gasteiger partial charge in [0.2, 0.25) is 5.91 Å². The Morgan fingerprint density at radius 3 is 2.94 bits per heavy atom. The lowest BCUT2D eigenvalue weighted by atomic mass is 10.0. The Morgan fingerprint density at radius 1 is 1.50 bits per heavy atom. The van der Waals surface area contributed by atoms with Crippen LogP contribution in [0, 0.1) is 5.92 Å². The van der Waals surface area contributed by atoms with E-state index in [1.807, 2.05) is 4.90 Å². The zero-order chi connectivity index (χ0) is 11.5. The molecule has 1 amide bonds. The van der Waals surface area contributed by atoms with E-state index in [9.17, 15) is 4.79 Å². The largest absolute Gasteiger partial charge is 0.380 e. The van der Waals surface area contributed by atoms with Crippen LogP contribution in [0.3, 0.4) is 0 Å². The zero-order valence-corrected chi connectivity index (χ0v) is 9.72. The standard InChI is InChI=1S/C11H20N2O3/c1-15-8-3-2-4-13(5-8)11(14)9-6-16-7-10(9)12/h8-10H,2-7,12H2,1H3. The van der Waals surface area contributed by atoms with Crippen molar-refractivity contribution in [3.63, 3.8) is 0 Å². The molecule has 16 heavy (non-hydrogen) atoms. The summed E-state index contributed by atoms with van der Waals surface area (Å²) in [4.78, 5) is 14.1. The van der Waals surface area contributed by atoms with E-state index in [4.69, 9.17) is 15.2 Å². The molecule has 0 aromatic rings. The Bertz CT molecular complexity index is 260. The minimum Gasteiger partial charge on any atom is -0.380 e. The number of amides is 1. The van der Waals surface area contributed by atoms with Crippen molar-refractivity contribution in [1.82, 2.24) is 4.90 Å². The summed E-state index contributed by atoms with van der Waals surface area (Å²) < 4.78 is 10.5. The molecule has 2 aliphatic heterocycles. The number of nitrogens with two attached hydrogens (primary N) is 1. The van der Waals surface area contributed by atoms with Gasteiger partial charge in [-0.15, -0.1) is 0 Å². The van der Waals surface area contributed by atoms with Crippen LogP contribution in [0.5, 0.6) is 0 Å². The quantitative estimate of drug-likeness (QED) is 0.698. The number of methoxy groups -OCH3 is 1. The third-order valence-electron chi connectivity index (χ3n) is 3.46. The van der Waals surface area contributed by atoms with Crippen molar-refractivity contribution in [3.05, 3.63) is 0 Å². The van der Waals surface area contributed by atoms with E-state index in [1.165, 1.54) is 0 Å². The number of rotatable bonds is 2. The van der Waals surface area contributed by atoms with Gasteiger partial charge in [0.05, 0.1) is 25.2 Å². The van der Waals surface area contributed by atoms with Crippen molar-refractivity contribution in [2.75, 3.05) is 33.4 Å². The predicted octanol–water partition coefficient (Wildman–Crippen LogP) is -0.402. The molecule has 92 valence electrons. The van der Waals surface area contributed by atoms with E-state index in [1.54, 1.807) is 7.11 Å². The molecule has 5 nitrogen and oxygen atoms in total. The highest BCUT2D eigenvalue weighted by molar-refractivity contribution is 5.80. The van der Waals surface area contributed by atoms with Gasteiger partial charge in [-0.05, 0) is 12.8 Å². The monoisotopic (exact) mass is 228 g/mol. The summed E-state index contributed by atoms with van der Waals surface area (Å²) in [5, 5.41) is 0. The smallest absolute Gasteiger partial charge is 0.229 e. The van der Waals surface area contributed by atoms with Gasteiger partial charge in [-0.1, -0.05) is 0 Å². The van der Waals surface area contributed by atoms with Crippen molar-refractivity contribution in [1.29, 1.82) is 0 Å². The zero-order valence-electron chi connectivity index (χ0n) is 9.72. The van der Waals surface area contributed by atoms with E-state index < -0.39 is 0 Å². The van der Waals surface area contributed by atoms with Gasteiger partial charge in [0, 0.05) is 26.2 Å². The van der Waals surface area contributed by atoms with E-state index >= 15 is 0 Å². The number of carbonyl (C=O) groups is 1. The summed E-state index contributed by atoms with van der Waals surface area (Å²) in [6.45, 7) is 2.48. The van der Waals surface area contributed by atoms with Gasteiger partial charge in [0.25, 0.3) is 0 Å². The Balaban J connectivity index is 1.93. The van der Waals surface area contributed by atoms with Crippen molar-refractivity contribution < 1.29 is 14.3 Å². The maximum Gasteiger partial charge on any atom is 0.229 e. The fourth-order valence-electron chi connectivity index (χ4n) is 2.39. The molecule has 0 aromatic carbocycles. The maximum absolute atomic E-state index is 12.2. The fourth-order valence-corrected chi connectivity index (χ4v) is 2.39. The molecule has 0 bridgehead atoms. The topological polar surface area (TPSA) is 64.8 Å². The Labute approximate surface area is 95.9 Å². The lowest BCUT2D eigenvalue weighted by molar-refractivity contribution is -0.139. The van der Waals surface area contributed by atoms with E-state index in [0.29, 0.717) is 19.8 Å². The molecule has 2 fully saturated rings. The molecule has 2 saturated heterocycles. The van der Waals surface area contributed by atoms with Crippen LogP contribution < -0.4 is 5.73 Å². The molecule has 0 radical (unpaired) electrons. The SMILES string of the molecule is COC1CCCN(C(=O)C2COCC2N)C1. The lowest BCUT2D eigenvalue weighted by Gasteiger charge is -2.33. The Morgan fingerprint density at radius 2 is 2.31 bits per heavy atom. The second-order valence-corrected chi connectivity index (χ2v) is 4.59. The minimum atomic E-state index is -0.157. The van der Waals surface area contributed by atoms with Crippen LogP contribution in [0.4, 0.5) is 0 Å². The highest BCUT2D eigenvalue weighted by atomic mass is 16.5. The van der Waals surface area contributed by atoms with Gasteiger partial charge in [-0.3, -0.25) is 4.79 Å². The predicted molar refractivity (Wildman–Crippen MR) is 58.9 cm³/mol. The van der Waals surface area contributed by atoms with Crippen LogP contribution in [0.15, 0.2) is 0 Å². The van der Waals surface area contributed by atoms with Crippen molar-refractivity contribution in [3.8, 4) is 0 Å². The molecule has 3 unspecified atom stereocenters. The Hall–Kier alpha value is -0.650. The van der Waals surface area contributed by atoms with Crippen LogP contribution in [0.25, 0.3) is 0 Å². The van der Waals surface area contributed by atoms with Gasteiger partial charge in [-0.2, -0.15) is 0 Å². The van der Waals surface area contributed by atoms with Crippen molar-refractivity contribution in [2.45, 2.75) is 25.0 Å². The summed E-state index contributed by atoms with van der Waals surface area (Å²) in [5.41, 5.74) is 5.85. The molecule has 0 saturated carbocycles. The molecule has 2 N–H and O–H groups in total. The fraction of sp³-hybridized carbons (Fsp3) is 0.909. The van der Waals surface area contributed by atoms with E-state index in [0.717, 1.165) is 19.4 Å². The molecular weight excluding hydrogens is 208 g/mol. The van der Waals surface area contributed by atoms with Gasteiger partial charge in [-0.25, -0.2) is 0 Å². The van der Waals surface area contributed by atoms with Crippen molar-refractivity contribution in [2.24, 2.45) is 11.7 Å². The van der Waals surface area contributed by atoms with E-state index in [-0.39, 0.29) is 24.0 Å². The number of hydrogen-bond donors (Lipinski definition) is 1. The average Bonchev–Trinajstić information content (AvgIpc) is 2.74. The summed E-state index contributed by atoms with van der Waals surface area (Å²) in [7, 11) is 1.70. The lowest BCUT2D eigenvalue weighted by Crippen LogP contribution is -2.49. The second-order valence-electron chi connectivity index (χ2n) is 4.59. The van der Waals surface area contributed by atoms with Crippen LogP contribution in [0.1, 0.15) is 12.8 Å². The summed E-state index contributed by atoms with van der Waals surface area (Å²) in [6, 6.07) is -0.143. The summed E-state index contributed by atoms with van der Waals surface area (Å²) in [5.74, 6) is -0.0256. The number of piperidine rings is 1. The summed E-state index contributed by atoms with van der Waals surface area (Å²) >= 11 is 0. The average molecular weight is 228 g/mol. The highest BCUT2D eigenvalue weighted by Gasteiger charge is 2.35. The van der Waals surface area contributed by atoms with Gasteiger partial charge in [0.1, 0.15) is 0 Å².